The molecule has 2 heteroatoms. The monoisotopic (exact) mass is 183 g/mol. The summed E-state index contributed by atoms with van der Waals surface area (Å²) in [4.78, 5) is 13.9. The second-order valence-corrected chi connectivity index (χ2v) is 5.11. The number of hydrogen-bond donors (Lipinski definition) is 0. The standard InChI is InChI=1S/C11H21NO/c1-8-9(2)12(11(3,4)5)7-6-10(8)13/h8-9H,6-7H2,1-5H3/t8-,9+/m1/s1. The second kappa shape index (κ2) is 3.41. The molecule has 0 N–H and O–H groups in total. The quantitative estimate of drug-likeness (QED) is 0.573. The molecule has 0 spiro atoms. The van der Waals surface area contributed by atoms with Gasteiger partial charge < -0.3 is 0 Å². The Balaban J connectivity index is 2.75. The SMILES string of the molecule is C[C@H]1C(=O)CCN(C(C)(C)C)[C@H]1C. The first-order chi connectivity index (χ1) is 5.84. The van der Waals surface area contributed by atoms with E-state index in [0.29, 0.717) is 11.8 Å². The van der Waals surface area contributed by atoms with Crippen molar-refractivity contribution in [1.82, 2.24) is 4.90 Å². The molecule has 1 aliphatic rings. The molecule has 76 valence electrons. The van der Waals surface area contributed by atoms with Crippen molar-refractivity contribution in [2.45, 2.75) is 52.6 Å². The normalized spacial score (nSPS) is 32.2. The molecule has 0 radical (unpaired) electrons. The predicted molar refractivity (Wildman–Crippen MR) is 54.7 cm³/mol. The molecule has 0 unspecified atom stereocenters. The highest BCUT2D eigenvalue weighted by Gasteiger charge is 2.36. The van der Waals surface area contributed by atoms with Crippen molar-refractivity contribution in [2.24, 2.45) is 5.92 Å². The number of rotatable bonds is 0. The summed E-state index contributed by atoms with van der Waals surface area (Å²) in [6.45, 7) is 11.8. The third kappa shape index (κ3) is 2.11. The third-order valence-corrected chi connectivity index (χ3v) is 3.18. The van der Waals surface area contributed by atoms with Gasteiger partial charge in [-0.1, -0.05) is 6.92 Å². The summed E-state index contributed by atoms with van der Waals surface area (Å²) < 4.78 is 0. The number of Topliss-reactive ketones (excluding diaryl/α,β-unsaturated/α-hetero) is 1. The highest BCUT2D eigenvalue weighted by Crippen LogP contribution is 2.27. The molecular formula is C11H21NO. The lowest BCUT2D eigenvalue weighted by Crippen LogP contribution is -2.54. The van der Waals surface area contributed by atoms with Crippen LogP contribution in [0.3, 0.4) is 0 Å². The molecule has 2 atom stereocenters. The van der Waals surface area contributed by atoms with Crippen molar-refractivity contribution in [1.29, 1.82) is 0 Å². The van der Waals surface area contributed by atoms with E-state index in [-0.39, 0.29) is 11.5 Å². The minimum absolute atomic E-state index is 0.189. The molecule has 1 saturated heterocycles. The number of likely N-dealkylation sites (tertiary alicyclic amines) is 1. The molecule has 1 fully saturated rings. The fraction of sp³-hybridized carbons (Fsp3) is 0.909. The predicted octanol–water partition coefficient (Wildman–Crippen LogP) is 2.08. The average molecular weight is 183 g/mol. The Hall–Kier alpha value is -0.370. The van der Waals surface area contributed by atoms with Crippen LogP contribution >= 0.6 is 0 Å². The fourth-order valence-corrected chi connectivity index (χ4v) is 2.15. The first-order valence-corrected chi connectivity index (χ1v) is 5.13. The van der Waals surface area contributed by atoms with Gasteiger partial charge >= 0.3 is 0 Å². The summed E-state index contributed by atoms with van der Waals surface area (Å²) in [6.07, 6.45) is 0.725. The Morgan fingerprint density at radius 2 is 1.85 bits per heavy atom. The molecule has 0 aliphatic carbocycles. The van der Waals surface area contributed by atoms with Crippen molar-refractivity contribution in [3.05, 3.63) is 0 Å². The van der Waals surface area contributed by atoms with E-state index in [1.807, 2.05) is 6.92 Å². The Kier molecular flexibility index (Phi) is 2.81. The Morgan fingerprint density at radius 3 is 2.31 bits per heavy atom. The second-order valence-electron chi connectivity index (χ2n) is 5.11. The lowest BCUT2D eigenvalue weighted by molar-refractivity contribution is -0.129. The molecule has 1 rings (SSSR count). The van der Waals surface area contributed by atoms with E-state index in [2.05, 4.69) is 32.6 Å². The van der Waals surface area contributed by atoms with E-state index in [1.54, 1.807) is 0 Å². The zero-order valence-electron chi connectivity index (χ0n) is 9.42. The molecule has 13 heavy (non-hydrogen) atoms. The lowest BCUT2D eigenvalue weighted by Gasteiger charge is -2.45. The molecule has 2 nitrogen and oxygen atoms in total. The summed E-state index contributed by atoms with van der Waals surface area (Å²) >= 11 is 0. The minimum Gasteiger partial charge on any atom is -0.299 e. The van der Waals surface area contributed by atoms with Crippen LogP contribution in [0.5, 0.6) is 0 Å². The molecule has 1 heterocycles. The van der Waals surface area contributed by atoms with Gasteiger partial charge in [-0.05, 0) is 27.7 Å². The van der Waals surface area contributed by atoms with Crippen LogP contribution in [0.25, 0.3) is 0 Å². The summed E-state index contributed by atoms with van der Waals surface area (Å²) in [6, 6.07) is 0.390. The number of ketones is 1. The maximum absolute atomic E-state index is 11.5. The van der Waals surface area contributed by atoms with E-state index in [9.17, 15) is 4.79 Å². The van der Waals surface area contributed by atoms with E-state index >= 15 is 0 Å². The minimum atomic E-state index is 0.189. The van der Waals surface area contributed by atoms with Gasteiger partial charge in [0.05, 0.1) is 0 Å². The summed E-state index contributed by atoms with van der Waals surface area (Å²) in [5.74, 6) is 0.626. The number of nitrogens with zero attached hydrogens (tertiary/aromatic N) is 1. The summed E-state index contributed by atoms with van der Waals surface area (Å²) in [7, 11) is 0. The number of piperidine rings is 1. The van der Waals surface area contributed by atoms with Gasteiger partial charge in [-0.3, -0.25) is 9.69 Å². The van der Waals surface area contributed by atoms with Gasteiger partial charge in [0.1, 0.15) is 5.78 Å². The zero-order chi connectivity index (χ0) is 10.2. The topological polar surface area (TPSA) is 20.3 Å². The van der Waals surface area contributed by atoms with E-state index in [1.165, 1.54) is 0 Å². The largest absolute Gasteiger partial charge is 0.299 e. The van der Waals surface area contributed by atoms with Crippen LogP contribution in [-0.2, 0) is 4.79 Å². The van der Waals surface area contributed by atoms with Crippen LogP contribution in [-0.4, -0.2) is 28.8 Å². The van der Waals surface area contributed by atoms with Crippen LogP contribution in [0.4, 0.5) is 0 Å². The number of carbonyl (C=O) groups excluding carboxylic acids is 1. The van der Waals surface area contributed by atoms with Crippen molar-refractivity contribution in [3.63, 3.8) is 0 Å². The highest BCUT2D eigenvalue weighted by molar-refractivity contribution is 5.82. The number of carbonyl (C=O) groups is 1. The van der Waals surface area contributed by atoms with Gasteiger partial charge in [0.25, 0.3) is 0 Å². The molecule has 0 saturated carbocycles. The molecule has 0 amide bonds. The van der Waals surface area contributed by atoms with Gasteiger partial charge in [0.15, 0.2) is 0 Å². The average Bonchev–Trinajstić information content (AvgIpc) is 1.98. The maximum Gasteiger partial charge on any atom is 0.138 e. The Labute approximate surface area is 81.3 Å². The van der Waals surface area contributed by atoms with Crippen molar-refractivity contribution < 1.29 is 4.79 Å². The van der Waals surface area contributed by atoms with Crippen molar-refractivity contribution in [2.75, 3.05) is 6.54 Å². The van der Waals surface area contributed by atoms with Crippen LogP contribution in [0.15, 0.2) is 0 Å². The highest BCUT2D eigenvalue weighted by atomic mass is 16.1. The van der Waals surface area contributed by atoms with E-state index < -0.39 is 0 Å². The van der Waals surface area contributed by atoms with Gasteiger partial charge in [-0.15, -0.1) is 0 Å². The first kappa shape index (κ1) is 10.7. The van der Waals surface area contributed by atoms with Crippen LogP contribution < -0.4 is 0 Å². The third-order valence-electron chi connectivity index (χ3n) is 3.18. The van der Waals surface area contributed by atoms with Crippen LogP contribution in [0.1, 0.15) is 41.0 Å². The van der Waals surface area contributed by atoms with Crippen molar-refractivity contribution in [3.8, 4) is 0 Å². The van der Waals surface area contributed by atoms with E-state index in [0.717, 1.165) is 13.0 Å². The molecule has 0 bridgehead atoms. The lowest BCUT2D eigenvalue weighted by atomic mass is 9.87. The Morgan fingerprint density at radius 1 is 1.31 bits per heavy atom. The fourth-order valence-electron chi connectivity index (χ4n) is 2.15. The molecular weight excluding hydrogens is 162 g/mol. The zero-order valence-corrected chi connectivity index (χ0v) is 9.42. The molecule has 0 aromatic heterocycles. The molecule has 0 aromatic carbocycles. The van der Waals surface area contributed by atoms with Crippen LogP contribution in [0.2, 0.25) is 0 Å². The molecule has 0 aromatic rings. The number of hydrogen-bond acceptors (Lipinski definition) is 2. The van der Waals surface area contributed by atoms with Gasteiger partial charge in [0, 0.05) is 30.5 Å². The van der Waals surface area contributed by atoms with Crippen molar-refractivity contribution >= 4 is 5.78 Å². The van der Waals surface area contributed by atoms with Gasteiger partial charge in [-0.25, -0.2) is 0 Å². The summed E-state index contributed by atoms with van der Waals surface area (Å²) in [5, 5.41) is 0. The maximum atomic E-state index is 11.5. The molecule has 1 aliphatic heterocycles. The smallest absolute Gasteiger partial charge is 0.138 e. The van der Waals surface area contributed by atoms with Gasteiger partial charge in [0.2, 0.25) is 0 Å². The van der Waals surface area contributed by atoms with Crippen LogP contribution in [0, 0.1) is 5.92 Å². The van der Waals surface area contributed by atoms with E-state index in [4.69, 9.17) is 0 Å². The Bertz CT molecular complexity index is 205. The summed E-state index contributed by atoms with van der Waals surface area (Å²) in [5.41, 5.74) is 0.189. The van der Waals surface area contributed by atoms with Gasteiger partial charge in [-0.2, -0.15) is 0 Å². The first-order valence-electron chi connectivity index (χ1n) is 5.13.